The van der Waals surface area contributed by atoms with Gasteiger partial charge in [-0.3, -0.25) is 9.78 Å². The topological polar surface area (TPSA) is 39.2 Å². The maximum atomic E-state index is 13.1. The molecule has 0 fully saturated rings. The minimum atomic E-state index is -0.517. The summed E-state index contributed by atoms with van der Waals surface area (Å²) < 4.78 is 18.7. The fraction of sp³-hybridized carbons (Fsp3) is 0.200. The van der Waals surface area contributed by atoms with E-state index in [2.05, 4.69) is 4.98 Å². The largest absolute Gasteiger partial charge is 0.493 e. The van der Waals surface area contributed by atoms with Gasteiger partial charge in [-0.2, -0.15) is 0 Å². The van der Waals surface area contributed by atoms with E-state index in [0.717, 1.165) is 24.6 Å². The fourth-order valence-electron chi connectivity index (χ4n) is 2.26. The summed E-state index contributed by atoms with van der Waals surface area (Å²) in [5.74, 6) is -0.148. The average Bonchev–Trinajstić information content (AvgIpc) is 2.46. The van der Waals surface area contributed by atoms with Crippen LogP contribution in [0.5, 0.6) is 5.75 Å². The maximum absolute atomic E-state index is 13.1. The number of hydrogen-bond donors (Lipinski definition) is 0. The van der Waals surface area contributed by atoms with Crippen molar-refractivity contribution in [1.82, 2.24) is 4.98 Å². The van der Waals surface area contributed by atoms with Crippen molar-refractivity contribution < 1.29 is 13.9 Å². The van der Waals surface area contributed by atoms with Gasteiger partial charge in [-0.15, -0.1) is 0 Å². The van der Waals surface area contributed by atoms with Gasteiger partial charge in [-0.1, -0.05) is 12.1 Å². The van der Waals surface area contributed by atoms with Crippen LogP contribution in [0.4, 0.5) is 4.39 Å². The Kier molecular flexibility index (Phi) is 2.99. The number of hydrogen-bond acceptors (Lipinski definition) is 3. The Labute approximate surface area is 110 Å². The molecule has 19 heavy (non-hydrogen) atoms. The number of ether oxygens (including phenoxy) is 1. The van der Waals surface area contributed by atoms with E-state index in [1.807, 2.05) is 12.1 Å². The van der Waals surface area contributed by atoms with E-state index in [1.165, 1.54) is 12.3 Å². The number of rotatable bonds is 2. The van der Waals surface area contributed by atoms with Crippen LogP contribution >= 0.6 is 0 Å². The lowest BCUT2D eigenvalue weighted by Crippen LogP contribution is -2.13. The first kappa shape index (κ1) is 11.8. The van der Waals surface area contributed by atoms with Gasteiger partial charge in [0.2, 0.25) is 0 Å². The molecule has 0 saturated carbocycles. The Bertz CT molecular complexity index is 640. The Morgan fingerprint density at radius 3 is 3.05 bits per heavy atom. The number of pyridine rings is 1. The maximum Gasteiger partial charge on any atom is 0.198 e. The molecular formula is C15H12FNO2. The zero-order valence-electron chi connectivity index (χ0n) is 10.2. The van der Waals surface area contributed by atoms with Gasteiger partial charge < -0.3 is 4.74 Å². The second kappa shape index (κ2) is 4.80. The summed E-state index contributed by atoms with van der Waals surface area (Å²) >= 11 is 0. The number of benzene rings is 1. The molecule has 0 saturated heterocycles. The van der Waals surface area contributed by atoms with E-state index >= 15 is 0 Å². The van der Waals surface area contributed by atoms with E-state index in [-0.39, 0.29) is 11.3 Å². The van der Waals surface area contributed by atoms with Crippen molar-refractivity contribution in [1.29, 1.82) is 0 Å². The molecule has 0 bridgehead atoms. The zero-order valence-corrected chi connectivity index (χ0v) is 10.2. The van der Waals surface area contributed by atoms with Crippen LogP contribution in [-0.2, 0) is 6.42 Å². The molecule has 3 nitrogen and oxygen atoms in total. The standard InChI is InChI=1S/C15H12FNO2/c16-12-7-11(8-17-9-12)14(18)13-5-1-3-10-4-2-6-19-15(10)13/h1,3,5,7-9H,2,4,6H2. The number of ketones is 1. The third kappa shape index (κ3) is 2.21. The first-order valence-electron chi connectivity index (χ1n) is 6.15. The van der Waals surface area contributed by atoms with Crippen molar-refractivity contribution in [3.63, 3.8) is 0 Å². The molecule has 1 aliphatic heterocycles. The number of para-hydroxylation sites is 1. The molecule has 0 aliphatic carbocycles. The summed E-state index contributed by atoms with van der Waals surface area (Å²) in [6, 6.07) is 6.68. The van der Waals surface area contributed by atoms with Crippen molar-refractivity contribution in [2.45, 2.75) is 12.8 Å². The van der Waals surface area contributed by atoms with Crippen molar-refractivity contribution >= 4 is 5.78 Å². The lowest BCUT2D eigenvalue weighted by Gasteiger charge is -2.19. The number of carbonyl (C=O) groups excluding carboxylic acids is 1. The van der Waals surface area contributed by atoms with Gasteiger partial charge >= 0.3 is 0 Å². The van der Waals surface area contributed by atoms with Gasteiger partial charge in [0.1, 0.15) is 11.6 Å². The highest BCUT2D eigenvalue weighted by molar-refractivity contribution is 6.10. The van der Waals surface area contributed by atoms with Gasteiger partial charge in [-0.05, 0) is 30.5 Å². The van der Waals surface area contributed by atoms with Crippen LogP contribution in [0.25, 0.3) is 0 Å². The number of nitrogens with zero attached hydrogens (tertiary/aromatic N) is 1. The van der Waals surface area contributed by atoms with Crippen molar-refractivity contribution in [3.05, 3.63) is 59.2 Å². The molecule has 2 heterocycles. The monoisotopic (exact) mass is 257 g/mol. The van der Waals surface area contributed by atoms with E-state index in [1.54, 1.807) is 6.07 Å². The summed E-state index contributed by atoms with van der Waals surface area (Å²) in [5, 5.41) is 0. The predicted octanol–water partition coefficient (Wildman–Crippen LogP) is 2.78. The van der Waals surface area contributed by atoms with E-state index < -0.39 is 5.82 Å². The average molecular weight is 257 g/mol. The normalized spacial score (nSPS) is 13.5. The van der Waals surface area contributed by atoms with Gasteiger partial charge in [0.15, 0.2) is 5.78 Å². The van der Waals surface area contributed by atoms with E-state index in [9.17, 15) is 9.18 Å². The SMILES string of the molecule is O=C(c1cncc(F)c1)c1cccc2c1OCCC2. The van der Waals surface area contributed by atoms with Crippen LogP contribution in [0.1, 0.15) is 27.9 Å². The van der Waals surface area contributed by atoms with E-state index in [4.69, 9.17) is 4.74 Å². The van der Waals surface area contributed by atoms with Crippen LogP contribution in [-0.4, -0.2) is 17.4 Å². The molecule has 0 unspecified atom stereocenters. The number of halogens is 1. The highest BCUT2D eigenvalue weighted by atomic mass is 19.1. The molecule has 3 rings (SSSR count). The van der Waals surface area contributed by atoms with Crippen molar-refractivity contribution in [2.24, 2.45) is 0 Å². The number of fused-ring (bicyclic) bond motifs is 1. The minimum Gasteiger partial charge on any atom is -0.493 e. The smallest absolute Gasteiger partial charge is 0.198 e. The summed E-state index contributed by atoms with van der Waals surface area (Å²) in [7, 11) is 0. The summed E-state index contributed by atoms with van der Waals surface area (Å²) in [4.78, 5) is 16.1. The van der Waals surface area contributed by atoms with Crippen LogP contribution < -0.4 is 4.74 Å². The fourth-order valence-corrected chi connectivity index (χ4v) is 2.26. The highest BCUT2D eigenvalue weighted by Crippen LogP contribution is 2.30. The lowest BCUT2D eigenvalue weighted by atomic mass is 9.97. The van der Waals surface area contributed by atoms with Gasteiger partial charge in [0, 0.05) is 11.8 Å². The summed E-state index contributed by atoms with van der Waals surface area (Å²) in [6.45, 7) is 0.610. The first-order valence-corrected chi connectivity index (χ1v) is 6.15. The summed E-state index contributed by atoms with van der Waals surface area (Å²) in [5.41, 5.74) is 1.74. The summed E-state index contributed by atoms with van der Waals surface area (Å²) in [6.07, 6.45) is 4.30. The first-order chi connectivity index (χ1) is 9.25. The van der Waals surface area contributed by atoms with E-state index in [0.29, 0.717) is 17.9 Å². The van der Waals surface area contributed by atoms with Gasteiger partial charge in [-0.25, -0.2) is 4.39 Å². The third-order valence-electron chi connectivity index (χ3n) is 3.15. The van der Waals surface area contributed by atoms with Gasteiger partial charge in [0.25, 0.3) is 0 Å². The minimum absolute atomic E-state index is 0.238. The number of carbonyl (C=O) groups is 1. The van der Waals surface area contributed by atoms with Crippen LogP contribution in [0, 0.1) is 5.82 Å². The molecule has 1 aliphatic rings. The molecule has 96 valence electrons. The Morgan fingerprint density at radius 2 is 2.21 bits per heavy atom. The second-order valence-corrected chi connectivity index (χ2v) is 4.47. The van der Waals surface area contributed by atoms with Crippen molar-refractivity contribution in [3.8, 4) is 5.75 Å². The molecule has 1 aromatic carbocycles. The second-order valence-electron chi connectivity index (χ2n) is 4.47. The quantitative estimate of drug-likeness (QED) is 0.776. The Balaban J connectivity index is 2.05. The Morgan fingerprint density at radius 1 is 1.32 bits per heavy atom. The van der Waals surface area contributed by atoms with Crippen LogP contribution in [0.3, 0.4) is 0 Å². The molecule has 0 atom stereocenters. The molecule has 4 heteroatoms. The van der Waals surface area contributed by atoms with Crippen LogP contribution in [0.15, 0.2) is 36.7 Å². The number of aromatic nitrogens is 1. The molecule has 1 aromatic heterocycles. The molecule has 2 aromatic rings. The number of aryl methyl sites for hydroxylation is 1. The Hall–Kier alpha value is -2.23. The molecule has 0 spiro atoms. The van der Waals surface area contributed by atoms with Crippen molar-refractivity contribution in [2.75, 3.05) is 6.61 Å². The molecule has 0 amide bonds. The lowest BCUT2D eigenvalue weighted by molar-refractivity contribution is 0.103. The molecule has 0 N–H and O–H groups in total. The third-order valence-corrected chi connectivity index (χ3v) is 3.15. The van der Waals surface area contributed by atoms with Crippen LogP contribution in [0.2, 0.25) is 0 Å². The molecular weight excluding hydrogens is 245 g/mol. The molecule has 0 radical (unpaired) electrons. The zero-order chi connectivity index (χ0) is 13.2. The van der Waals surface area contributed by atoms with Gasteiger partial charge in [0.05, 0.1) is 18.4 Å². The predicted molar refractivity (Wildman–Crippen MR) is 67.9 cm³/mol. The highest BCUT2D eigenvalue weighted by Gasteiger charge is 2.20.